The summed E-state index contributed by atoms with van der Waals surface area (Å²) in [4.78, 5) is 18.1. The van der Waals surface area contributed by atoms with Gasteiger partial charge in [-0.3, -0.25) is 29.6 Å². The first kappa shape index (κ1) is 24.2. The summed E-state index contributed by atoms with van der Waals surface area (Å²) < 4.78 is 25.3. The third kappa shape index (κ3) is 8.12. The Morgan fingerprint density at radius 3 is 1.36 bits per heavy atom. The fraction of sp³-hybridized carbons (Fsp3) is 0.583. The quantitative estimate of drug-likeness (QED) is 0.504. The average molecular weight is 473 g/mol. The summed E-state index contributed by atoms with van der Waals surface area (Å²) in [7, 11) is -3.04. The van der Waals surface area contributed by atoms with Crippen LogP contribution < -0.4 is 0 Å². The smallest absolute Gasteiger partial charge is 0.152 e. The Morgan fingerprint density at radius 2 is 1.00 bits per heavy atom. The first-order valence-corrected chi connectivity index (χ1v) is 13.8. The van der Waals surface area contributed by atoms with Crippen molar-refractivity contribution in [2.75, 3.05) is 77.0 Å². The maximum absolute atomic E-state index is 12.6. The van der Waals surface area contributed by atoms with Crippen molar-refractivity contribution in [1.82, 2.24) is 29.6 Å². The molecule has 2 aliphatic heterocycles. The van der Waals surface area contributed by atoms with Gasteiger partial charge in [0.05, 0.1) is 22.9 Å². The van der Waals surface area contributed by atoms with Gasteiger partial charge in [-0.05, 0) is 24.3 Å². The molecule has 0 atom stereocenters. The van der Waals surface area contributed by atoms with Crippen molar-refractivity contribution in [2.45, 2.75) is 13.1 Å². The van der Waals surface area contributed by atoms with Gasteiger partial charge in [0, 0.05) is 90.9 Å². The molecule has 2 aliphatic rings. The van der Waals surface area contributed by atoms with Gasteiger partial charge in [-0.2, -0.15) is 0 Å². The van der Waals surface area contributed by atoms with Crippen LogP contribution >= 0.6 is 0 Å². The SMILES string of the molecule is O=S(=O)(CCN1CCN(Cc2ccccn2)CC1)CCN1CCN(Cc2ccccn2)CC1. The highest BCUT2D eigenvalue weighted by atomic mass is 32.2. The first-order chi connectivity index (χ1) is 16.1. The van der Waals surface area contributed by atoms with Crippen molar-refractivity contribution in [1.29, 1.82) is 0 Å². The van der Waals surface area contributed by atoms with E-state index in [1.165, 1.54) is 0 Å². The number of sulfone groups is 1. The lowest BCUT2D eigenvalue weighted by Crippen LogP contribution is -2.48. The fourth-order valence-corrected chi connectivity index (χ4v) is 5.70. The highest BCUT2D eigenvalue weighted by Crippen LogP contribution is 2.09. The van der Waals surface area contributed by atoms with Crippen LogP contribution in [-0.2, 0) is 22.9 Å². The monoisotopic (exact) mass is 472 g/mol. The van der Waals surface area contributed by atoms with Crippen molar-refractivity contribution < 1.29 is 8.42 Å². The summed E-state index contributed by atoms with van der Waals surface area (Å²) in [6.07, 6.45) is 3.66. The van der Waals surface area contributed by atoms with E-state index in [4.69, 9.17) is 0 Å². The van der Waals surface area contributed by atoms with E-state index in [1.54, 1.807) is 0 Å². The molecule has 9 heteroatoms. The predicted octanol–water partition coefficient (Wildman–Crippen LogP) is 0.827. The van der Waals surface area contributed by atoms with E-state index in [0.717, 1.165) is 76.8 Å². The molecule has 2 saturated heterocycles. The van der Waals surface area contributed by atoms with Crippen LogP contribution in [0.4, 0.5) is 0 Å². The van der Waals surface area contributed by atoms with Gasteiger partial charge in [-0.1, -0.05) is 12.1 Å². The molecule has 8 nitrogen and oxygen atoms in total. The number of pyridine rings is 2. The van der Waals surface area contributed by atoms with Crippen LogP contribution in [-0.4, -0.2) is 115 Å². The zero-order chi connectivity index (χ0) is 22.9. The molecule has 4 heterocycles. The summed E-state index contributed by atoms with van der Waals surface area (Å²) in [5.74, 6) is 0.514. The van der Waals surface area contributed by atoms with Gasteiger partial charge in [0.2, 0.25) is 0 Å². The van der Waals surface area contributed by atoms with Gasteiger partial charge in [-0.25, -0.2) is 8.42 Å². The summed E-state index contributed by atoms with van der Waals surface area (Å²) in [6, 6.07) is 12.0. The van der Waals surface area contributed by atoms with E-state index in [1.807, 2.05) is 36.7 Å². The minimum atomic E-state index is -3.04. The number of rotatable bonds is 10. The Labute approximate surface area is 198 Å². The molecule has 0 unspecified atom stereocenters. The number of hydrogen-bond donors (Lipinski definition) is 0. The second-order valence-corrected chi connectivity index (χ2v) is 11.3. The molecule has 4 rings (SSSR count). The Balaban J connectivity index is 1.10. The van der Waals surface area contributed by atoms with Crippen LogP contribution in [0.1, 0.15) is 11.4 Å². The van der Waals surface area contributed by atoms with Gasteiger partial charge in [-0.15, -0.1) is 0 Å². The van der Waals surface area contributed by atoms with E-state index in [-0.39, 0.29) is 11.5 Å². The Morgan fingerprint density at radius 1 is 0.606 bits per heavy atom. The molecule has 0 amide bonds. The zero-order valence-corrected chi connectivity index (χ0v) is 20.2. The number of piperazine rings is 2. The van der Waals surface area contributed by atoms with Crippen LogP contribution in [0.5, 0.6) is 0 Å². The lowest BCUT2D eigenvalue weighted by atomic mass is 10.2. The molecular weight excluding hydrogens is 436 g/mol. The normalized spacial score (nSPS) is 19.6. The van der Waals surface area contributed by atoms with E-state index >= 15 is 0 Å². The standard InChI is InChI=1S/C24H36N6O2S/c31-33(32,19-17-27-9-13-29(14-10-27)21-23-5-1-3-7-25-23)20-18-28-11-15-30(16-12-28)22-24-6-2-4-8-26-24/h1-8H,9-22H2. The first-order valence-electron chi connectivity index (χ1n) is 12.0. The van der Waals surface area contributed by atoms with Crippen LogP contribution in [0.3, 0.4) is 0 Å². The second kappa shape index (κ2) is 12.0. The lowest BCUT2D eigenvalue weighted by molar-refractivity contribution is 0.130. The van der Waals surface area contributed by atoms with Crippen LogP contribution in [0.2, 0.25) is 0 Å². The summed E-state index contributed by atoms with van der Waals surface area (Å²) in [6.45, 7) is 10.5. The lowest BCUT2D eigenvalue weighted by Gasteiger charge is -2.35. The highest BCUT2D eigenvalue weighted by Gasteiger charge is 2.22. The fourth-order valence-electron chi connectivity index (χ4n) is 4.42. The van der Waals surface area contributed by atoms with Gasteiger partial charge >= 0.3 is 0 Å². The van der Waals surface area contributed by atoms with E-state index in [2.05, 4.69) is 41.7 Å². The molecule has 0 radical (unpaired) electrons. The van der Waals surface area contributed by atoms with Crippen molar-refractivity contribution in [2.24, 2.45) is 0 Å². The Kier molecular flexibility index (Phi) is 8.80. The van der Waals surface area contributed by atoms with Crippen molar-refractivity contribution in [3.8, 4) is 0 Å². The van der Waals surface area contributed by atoms with Crippen LogP contribution in [0, 0.1) is 0 Å². The van der Waals surface area contributed by atoms with Gasteiger partial charge in [0.1, 0.15) is 0 Å². The van der Waals surface area contributed by atoms with E-state index < -0.39 is 9.84 Å². The number of hydrogen-bond acceptors (Lipinski definition) is 8. The zero-order valence-electron chi connectivity index (χ0n) is 19.4. The Bertz CT molecular complexity index is 856. The molecule has 33 heavy (non-hydrogen) atoms. The van der Waals surface area contributed by atoms with Crippen molar-refractivity contribution >= 4 is 9.84 Å². The maximum atomic E-state index is 12.6. The molecular formula is C24H36N6O2S. The van der Waals surface area contributed by atoms with Gasteiger partial charge in [0.25, 0.3) is 0 Å². The highest BCUT2D eigenvalue weighted by molar-refractivity contribution is 7.91. The predicted molar refractivity (Wildman–Crippen MR) is 131 cm³/mol. The minimum absolute atomic E-state index is 0.257. The van der Waals surface area contributed by atoms with Gasteiger partial charge < -0.3 is 0 Å². The molecule has 180 valence electrons. The molecule has 0 N–H and O–H groups in total. The minimum Gasteiger partial charge on any atom is -0.300 e. The van der Waals surface area contributed by atoms with E-state index in [9.17, 15) is 8.42 Å². The molecule has 2 aromatic rings. The molecule has 2 aromatic heterocycles. The van der Waals surface area contributed by atoms with Crippen LogP contribution in [0.25, 0.3) is 0 Å². The average Bonchev–Trinajstić information content (AvgIpc) is 2.85. The van der Waals surface area contributed by atoms with Gasteiger partial charge in [0.15, 0.2) is 9.84 Å². The number of nitrogens with zero attached hydrogens (tertiary/aromatic N) is 6. The van der Waals surface area contributed by atoms with Crippen LogP contribution in [0.15, 0.2) is 48.8 Å². The third-order valence-electron chi connectivity index (χ3n) is 6.59. The molecule has 0 aliphatic carbocycles. The maximum Gasteiger partial charge on any atom is 0.152 e. The molecule has 0 bridgehead atoms. The molecule has 0 saturated carbocycles. The third-order valence-corrected chi connectivity index (χ3v) is 8.20. The summed E-state index contributed by atoms with van der Waals surface area (Å²) in [5, 5.41) is 0. The summed E-state index contributed by atoms with van der Waals surface area (Å²) in [5.41, 5.74) is 2.18. The molecule has 0 aromatic carbocycles. The van der Waals surface area contributed by atoms with Crippen molar-refractivity contribution in [3.63, 3.8) is 0 Å². The molecule has 0 spiro atoms. The molecule has 2 fully saturated rings. The largest absolute Gasteiger partial charge is 0.300 e. The Hall–Kier alpha value is -1.91. The topological polar surface area (TPSA) is 72.9 Å². The number of aromatic nitrogens is 2. The van der Waals surface area contributed by atoms with E-state index in [0.29, 0.717) is 13.1 Å². The van der Waals surface area contributed by atoms with Crippen molar-refractivity contribution in [3.05, 3.63) is 60.2 Å². The summed E-state index contributed by atoms with van der Waals surface area (Å²) >= 11 is 0. The second-order valence-electron chi connectivity index (χ2n) is 9.03.